The van der Waals surface area contributed by atoms with Gasteiger partial charge < -0.3 is 5.73 Å². The van der Waals surface area contributed by atoms with Crippen molar-refractivity contribution >= 4 is 37.5 Å². The number of rotatable bonds is 2. The van der Waals surface area contributed by atoms with E-state index in [0.29, 0.717) is 11.5 Å². The zero-order valence-corrected chi connectivity index (χ0v) is 13.3. The molecule has 1 heterocycles. The number of hydrogen-bond donors (Lipinski definition) is 1. The quantitative estimate of drug-likeness (QED) is 0.676. The van der Waals surface area contributed by atoms with E-state index in [4.69, 9.17) is 5.73 Å². The van der Waals surface area contributed by atoms with E-state index in [2.05, 4.69) is 47.4 Å². The van der Waals surface area contributed by atoms with Crippen LogP contribution in [0.2, 0.25) is 0 Å². The number of nitrogens with two attached hydrogens (primary N) is 1. The van der Waals surface area contributed by atoms with Gasteiger partial charge in [-0.3, -0.25) is 0 Å². The van der Waals surface area contributed by atoms with Gasteiger partial charge in [-0.1, -0.05) is 28.1 Å². The van der Waals surface area contributed by atoms with Gasteiger partial charge in [0.05, 0.1) is 5.69 Å². The number of nitrogen functional groups attached to an aromatic ring is 1. The average molecular weight is 395 g/mol. The Morgan fingerprint density at radius 1 is 1.05 bits per heavy atom. The highest BCUT2D eigenvalue weighted by Gasteiger charge is 2.13. The molecule has 20 heavy (non-hydrogen) atoms. The number of para-hydroxylation sites is 1. The molecule has 0 fully saturated rings. The van der Waals surface area contributed by atoms with E-state index in [1.165, 1.54) is 0 Å². The minimum atomic E-state index is 0.630. The molecule has 0 aliphatic rings. The van der Waals surface area contributed by atoms with Crippen molar-refractivity contribution in [1.29, 1.82) is 0 Å². The van der Waals surface area contributed by atoms with Crippen LogP contribution in [0, 0.1) is 0 Å². The zero-order chi connectivity index (χ0) is 14.1. The smallest absolute Gasteiger partial charge is 0.187 e. The topological polar surface area (TPSA) is 69.6 Å². The first-order chi connectivity index (χ1) is 9.65. The minimum absolute atomic E-state index is 0.630. The van der Waals surface area contributed by atoms with Gasteiger partial charge in [-0.2, -0.15) is 4.68 Å². The van der Waals surface area contributed by atoms with Crippen molar-refractivity contribution in [3.63, 3.8) is 0 Å². The molecule has 3 aromatic rings. The van der Waals surface area contributed by atoms with Crippen LogP contribution in [0.15, 0.2) is 51.4 Å². The van der Waals surface area contributed by atoms with Gasteiger partial charge in [0, 0.05) is 20.2 Å². The summed E-state index contributed by atoms with van der Waals surface area (Å²) in [6.45, 7) is 0. The van der Waals surface area contributed by atoms with Crippen molar-refractivity contribution in [1.82, 2.24) is 20.2 Å². The number of benzene rings is 2. The third kappa shape index (κ3) is 2.46. The fourth-order valence-corrected chi connectivity index (χ4v) is 2.86. The van der Waals surface area contributed by atoms with Crippen LogP contribution in [0.25, 0.3) is 17.1 Å². The van der Waals surface area contributed by atoms with Gasteiger partial charge >= 0.3 is 0 Å². The number of tetrazole rings is 1. The number of halogens is 2. The monoisotopic (exact) mass is 393 g/mol. The fraction of sp³-hybridized carbons (Fsp3) is 0. The Bertz CT molecular complexity index is 749. The molecule has 0 radical (unpaired) electrons. The van der Waals surface area contributed by atoms with Crippen LogP contribution in [0.5, 0.6) is 0 Å². The summed E-state index contributed by atoms with van der Waals surface area (Å²) in [4.78, 5) is 0. The predicted molar refractivity (Wildman–Crippen MR) is 84.4 cm³/mol. The number of nitrogens with zero attached hydrogens (tertiary/aromatic N) is 4. The van der Waals surface area contributed by atoms with Gasteiger partial charge in [-0.25, -0.2) is 0 Å². The number of aromatic nitrogens is 4. The first-order valence-corrected chi connectivity index (χ1v) is 7.33. The molecule has 2 N–H and O–H groups in total. The van der Waals surface area contributed by atoms with Crippen molar-refractivity contribution in [3.8, 4) is 17.1 Å². The molecule has 7 heteroatoms. The molecule has 2 aromatic carbocycles. The molecule has 100 valence electrons. The SMILES string of the molecule is Nc1cc(Br)cc(-c2nnnn2-c2ccccc2Br)c1. The lowest BCUT2D eigenvalue weighted by atomic mass is 10.2. The summed E-state index contributed by atoms with van der Waals surface area (Å²) in [6.07, 6.45) is 0. The molecule has 1 aromatic heterocycles. The van der Waals surface area contributed by atoms with Crippen LogP contribution in [-0.2, 0) is 0 Å². The molecule has 3 rings (SSSR count). The van der Waals surface area contributed by atoms with Crippen molar-refractivity contribution in [2.75, 3.05) is 5.73 Å². The van der Waals surface area contributed by atoms with Crippen molar-refractivity contribution in [2.45, 2.75) is 0 Å². The third-order valence-corrected chi connectivity index (χ3v) is 3.86. The molecule has 0 bridgehead atoms. The van der Waals surface area contributed by atoms with Gasteiger partial charge in [0.1, 0.15) is 0 Å². The lowest BCUT2D eigenvalue weighted by Crippen LogP contribution is -2.01. The van der Waals surface area contributed by atoms with E-state index < -0.39 is 0 Å². The summed E-state index contributed by atoms with van der Waals surface area (Å²) in [5, 5.41) is 11.9. The maximum Gasteiger partial charge on any atom is 0.187 e. The van der Waals surface area contributed by atoms with Gasteiger partial charge in [0.15, 0.2) is 5.82 Å². The Kier molecular flexibility index (Phi) is 3.54. The van der Waals surface area contributed by atoms with Gasteiger partial charge in [0.2, 0.25) is 0 Å². The molecule has 0 aliphatic carbocycles. The van der Waals surface area contributed by atoms with E-state index in [1.807, 2.05) is 42.5 Å². The van der Waals surface area contributed by atoms with Crippen LogP contribution in [0.1, 0.15) is 0 Å². The van der Waals surface area contributed by atoms with E-state index in [1.54, 1.807) is 4.68 Å². The highest BCUT2D eigenvalue weighted by Crippen LogP contribution is 2.28. The van der Waals surface area contributed by atoms with Crippen LogP contribution < -0.4 is 5.73 Å². The summed E-state index contributed by atoms with van der Waals surface area (Å²) in [7, 11) is 0. The number of hydrogen-bond acceptors (Lipinski definition) is 4. The molecule has 0 saturated carbocycles. The summed E-state index contributed by atoms with van der Waals surface area (Å²) in [5.41, 5.74) is 8.23. The molecule has 0 atom stereocenters. The van der Waals surface area contributed by atoms with E-state index in [-0.39, 0.29) is 0 Å². The second kappa shape index (κ2) is 5.34. The van der Waals surface area contributed by atoms with E-state index in [0.717, 1.165) is 20.2 Å². The summed E-state index contributed by atoms with van der Waals surface area (Å²) in [6, 6.07) is 13.3. The maximum atomic E-state index is 5.87. The Morgan fingerprint density at radius 2 is 1.85 bits per heavy atom. The standard InChI is InChI=1S/C13H9Br2N5/c14-9-5-8(6-10(16)7-9)13-17-18-19-20(13)12-4-2-1-3-11(12)15/h1-7H,16H2. The van der Waals surface area contributed by atoms with Crippen molar-refractivity contribution < 1.29 is 0 Å². The van der Waals surface area contributed by atoms with Crippen LogP contribution >= 0.6 is 31.9 Å². The Balaban J connectivity index is 2.18. The van der Waals surface area contributed by atoms with Crippen LogP contribution in [0.3, 0.4) is 0 Å². The first kappa shape index (κ1) is 13.3. The molecular formula is C13H9Br2N5. The average Bonchev–Trinajstić information content (AvgIpc) is 2.87. The Labute approximate surface area is 132 Å². The van der Waals surface area contributed by atoms with E-state index in [9.17, 15) is 0 Å². The molecule has 0 unspecified atom stereocenters. The highest BCUT2D eigenvalue weighted by atomic mass is 79.9. The van der Waals surface area contributed by atoms with Crippen LogP contribution in [-0.4, -0.2) is 20.2 Å². The molecule has 0 aliphatic heterocycles. The fourth-order valence-electron chi connectivity index (χ4n) is 1.89. The predicted octanol–water partition coefficient (Wildman–Crippen LogP) is 3.44. The molecule has 0 amide bonds. The van der Waals surface area contributed by atoms with Gasteiger partial charge in [0.25, 0.3) is 0 Å². The van der Waals surface area contributed by atoms with Crippen molar-refractivity contribution in [2.24, 2.45) is 0 Å². The second-order valence-corrected chi connectivity index (χ2v) is 5.91. The molecule has 5 nitrogen and oxygen atoms in total. The summed E-state index contributed by atoms with van der Waals surface area (Å²) >= 11 is 6.93. The van der Waals surface area contributed by atoms with Crippen LogP contribution in [0.4, 0.5) is 5.69 Å². The Morgan fingerprint density at radius 3 is 2.60 bits per heavy atom. The van der Waals surface area contributed by atoms with Gasteiger partial charge in [-0.05, 0) is 56.7 Å². The van der Waals surface area contributed by atoms with E-state index >= 15 is 0 Å². The molecular weight excluding hydrogens is 386 g/mol. The highest BCUT2D eigenvalue weighted by molar-refractivity contribution is 9.10. The normalized spacial score (nSPS) is 10.7. The third-order valence-electron chi connectivity index (χ3n) is 2.73. The second-order valence-electron chi connectivity index (χ2n) is 4.14. The maximum absolute atomic E-state index is 5.87. The van der Waals surface area contributed by atoms with Crippen molar-refractivity contribution in [3.05, 3.63) is 51.4 Å². The minimum Gasteiger partial charge on any atom is -0.399 e. The number of anilines is 1. The lowest BCUT2D eigenvalue weighted by molar-refractivity contribution is 0.789. The summed E-state index contributed by atoms with van der Waals surface area (Å²) < 4.78 is 3.47. The first-order valence-electron chi connectivity index (χ1n) is 5.75. The molecule has 0 saturated heterocycles. The van der Waals surface area contributed by atoms with Gasteiger partial charge in [-0.15, -0.1) is 5.10 Å². The largest absolute Gasteiger partial charge is 0.399 e. The summed E-state index contributed by atoms with van der Waals surface area (Å²) in [5.74, 6) is 0.630. The zero-order valence-electron chi connectivity index (χ0n) is 10.2. The molecule has 0 spiro atoms. The Hall–Kier alpha value is -1.73. The lowest BCUT2D eigenvalue weighted by Gasteiger charge is -2.07.